The van der Waals surface area contributed by atoms with E-state index in [1.54, 1.807) is 6.07 Å². The van der Waals surface area contributed by atoms with Crippen LogP contribution in [0.25, 0.3) is 0 Å². The molecule has 16 heavy (non-hydrogen) atoms. The smallest absolute Gasteiger partial charge is 0.233 e. The van der Waals surface area contributed by atoms with Crippen molar-refractivity contribution in [2.24, 2.45) is 0 Å². The summed E-state index contributed by atoms with van der Waals surface area (Å²) in [5.41, 5.74) is 7.12. The fourth-order valence-electron chi connectivity index (χ4n) is 1.27. The largest absolute Gasteiger partial charge is 0.472 e. The van der Waals surface area contributed by atoms with Crippen molar-refractivity contribution in [1.82, 2.24) is 4.98 Å². The van der Waals surface area contributed by atoms with Crippen LogP contribution in [0, 0.1) is 0 Å². The summed E-state index contributed by atoms with van der Waals surface area (Å²) in [5, 5.41) is 0.427. The Balaban J connectivity index is 2.05. The van der Waals surface area contributed by atoms with Crippen molar-refractivity contribution in [3.05, 3.63) is 53.2 Å². The van der Waals surface area contributed by atoms with Gasteiger partial charge in [0.05, 0.1) is 11.9 Å². The molecule has 0 saturated carbocycles. The van der Waals surface area contributed by atoms with Crippen LogP contribution in [0.3, 0.4) is 0 Å². The lowest BCUT2D eigenvalue weighted by Gasteiger charge is -2.07. The number of benzene rings is 1. The van der Waals surface area contributed by atoms with Gasteiger partial charge in [-0.2, -0.15) is 0 Å². The van der Waals surface area contributed by atoms with Gasteiger partial charge >= 0.3 is 0 Å². The molecular weight excluding hydrogens is 224 g/mol. The zero-order valence-corrected chi connectivity index (χ0v) is 9.32. The summed E-state index contributed by atoms with van der Waals surface area (Å²) in [5.74, 6) is 0.403. The Kier molecular flexibility index (Phi) is 3.27. The van der Waals surface area contributed by atoms with Crippen molar-refractivity contribution < 1.29 is 4.74 Å². The molecule has 1 aromatic carbocycles. The Labute approximate surface area is 98.8 Å². The number of hydrogen-bond donors (Lipinski definition) is 1. The third-order valence-corrected chi connectivity index (χ3v) is 2.32. The van der Waals surface area contributed by atoms with Crippen molar-refractivity contribution in [1.29, 1.82) is 0 Å². The topological polar surface area (TPSA) is 48.1 Å². The first-order chi connectivity index (χ1) is 7.75. The summed E-state index contributed by atoms with van der Waals surface area (Å²) in [6.07, 6.45) is 1.52. The first kappa shape index (κ1) is 10.8. The fraction of sp³-hybridized carbons (Fsp3) is 0.0833. The SMILES string of the molecule is Nc1cnc(OCc2ccccc2)c(Cl)c1. The summed E-state index contributed by atoms with van der Waals surface area (Å²) < 4.78 is 5.48. The van der Waals surface area contributed by atoms with Gasteiger partial charge in [0.1, 0.15) is 11.6 Å². The third kappa shape index (κ3) is 2.64. The number of nitrogens with zero attached hydrogens (tertiary/aromatic N) is 1. The Morgan fingerprint density at radius 3 is 2.69 bits per heavy atom. The van der Waals surface area contributed by atoms with Crippen molar-refractivity contribution >= 4 is 17.3 Å². The maximum atomic E-state index is 5.93. The molecule has 0 spiro atoms. The van der Waals surface area contributed by atoms with E-state index in [1.807, 2.05) is 30.3 Å². The van der Waals surface area contributed by atoms with Gasteiger partial charge in [-0.25, -0.2) is 4.98 Å². The second-order valence-corrected chi connectivity index (χ2v) is 3.74. The number of nitrogen functional groups attached to an aromatic ring is 1. The highest BCUT2D eigenvalue weighted by molar-refractivity contribution is 6.32. The molecule has 2 N–H and O–H groups in total. The number of hydrogen-bond acceptors (Lipinski definition) is 3. The Bertz CT molecular complexity index is 474. The number of nitrogens with two attached hydrogens (primary N) is 1. The number of rotatable bonds is 3. The van der Waals surface area contributed by atoms with Gasteiger partial charge in [0.25, 0.3) is 0 Å². The third-order valence-electron chi connectivity index (χ3n) is 2.05. The van der Waals surface area contributed by atoms with E-state index in [4.69, 9.17) is 22.1 Å². The molecule has 82 valence electrons. The van der Waals surface area contributed by atoms with E-state index in [0.717, 1.165) is 5.56 Å². The van der Waals surface area contributed by atoms with E-state index in [-0.39, 0.29) is 0 Å². The number of ether oxygens (including phenoxy) is 1. The van der Waals surface area contributed by atoms with Crippen molar-refractivity contribution in [3.8, 4) is 5.88 Å². The molecule has 2 aromatic rings. The lowest BCUT2D eigenvalue weighted by molar-refractivity contribution is 0.294. The van der Waals surface area contributed by atoms with Crippen LogP contribution in [0.5, 0.6) is 5.88 Å². The predicted octanol–water partition coefficient (Wildman–Crippen LogP) is 2.90. The molecular formula is C12H11ClN2O. The van der Waals surface area contributed by atoms with E-state index >= 15 is 0 Å². The Morgan fingerprint density at radius 1 is 1.25 bits per heavy atom. The molecule has 0 fully saturated rings. The second-order valence-electron chi connectivity index (χ2n) is 3.33. The number of anilines is 1. The number of aromatic nitrogens is 1. The molecule has 0 amide bonds. The van der Waals surface area contributed by atoms with Crippen LogP contribution >= 0.6 is 11.6 Å². The van der Waals surface area contributed by atoms with Crippen LogP contribution < -0.4 is 10.5 Å². The van der Waals surface area contributed by atoms with Crippen LogP contribution in [-0.4, -0.2) is 4.98 Å². The van der Waals surface area contributed by atoms with E-state index in [2.05, 4.69) is 4.98 Å². The van der Waals surface area contributed by atoms with Crippen LogP contribution in [0.15, 0.2) is 42.6 Å². The first-order valence-electron chi connectivity index (χ1n) is 4.83. The molecule has 3 nitrogen and oxygen atoms in total. The minimum Gasteiger partial charge on any atom is -0.472 e. The average molecular weight is 235 g/mol. The summed E-state index contributed by atoms with van der Waals surface area (Å²) >= 11 is 5.93. The van der Waals surface area contributed by atoms with Gasteiger partial charge in [-0.15, -0.1) is 0 Å². The Morgan fingerprint density at radius 2 is 2.00 bits per heavy atom. The minimum atomic E-state index is 0.403. The molecule has 0 aliphatic carbocycles. The maximum absolute atomic E-state index is 5.93. The first-order valence-corrected chi connectivity index (χ1v) is 5.21. The fourth-order valence-corrected chi connectivity index (χ4v) is 1.50. The molecule has 0 aliphatic heterocycles. The van der Waals surface area contributed by atoms with Gasteiger partial charge in [-0.05, 0) is 11.6 Å². The summed E-state index contributed by atoms with van der Waals surface area (Å²) in [4.78, 5) is 4.01. The summed E-state index contributed by atoms with van der Waals surface area (Å²) in [6, 6.07) is 11.4. The zero-order valence-electron chi connectivity index (χ0n) is 8.56. The van der Waals surface area contributed by atoms with E-state index in [1.165, 1.54) is 6.20 Å². The average Bonchev–Trinajstić information content (AvgIpc) is 2.29. The number of halogens is 1. The van der Waals surface area contributed by atoms with Gasteiger partial charge in [0, 0.05) is 0 Å². The van der Waals surface area contributed by atoms with Crippen molar-refractivity contribution in [2.75, 3.05) is 5.73 Å². The van der Waals surface area contributed by atoms with Crippen LogP contribution in [-0.2, 0) is 6.61 Å². The molecule has 0 atom stereocenters. The van der Waals surface area contributed by atoms with Crippen molar-refractivity contribution in [3.63, 3.8) is 0 Å². The Hall–Kier alpha value is -1.74. The number of pyridine rings is 1. The van der Waals surface area contributed by atoms with Crippen molar-refractivity contribution in [2.45, 2.75) is 6.61 Å². The standard InChI is InChI=1S/C12H11ClN2O/c13-11-6-10(14)7-15-12(11)16-8-9-4-2-1-3-5-9/h1-7H,8,14H2. The molecule has 0 radical (unpaired) electrons. The van der Waals surface area contributed by atoms with Gasteiger partial charge in [-0.3, -0.25) is 0 Å². The van der Waals surface area contributed by atoms with Gasteiger partial charge in [0.15, 0.2) is 0 Å². The molecule has 0 aliphatic rings. The van der Waals surface area contributed by atoms with Gasteiger partial charge in [-0.1, -0.05) is 41.9 Å². The van der Waals surface area contributed by atoms with Gasteiger partial charge in [0.2, 0.25) is 5.88 Å². The van der Waals surface area contributed by atoms with E-state index < -0.39 is 0 Å². The quantitative estimate of drug-likeness (QED) is 0.888. The lowest BCUT2D eigenvalue weighted by Crippen LogP contribution is -1.98. The minimum absolute atomic E-state index is 0.403. The highest BCUT2D eigenvalue weighted by Gasteiger charge is 2.03. The molecule has 1 aromatic heterocycles. The van der Waals surface area contributed by atoms with Crippen LogP contribution in [0.1, 0.15) is 5.56 Å². The van der Waals surface area contributed by atoms with Crippen LogP contribution in [0.2, 0.25) is 5.02 Å². The highest BCUT2D eigenvalue weighted by Crippen LogP contribution is 2.23. The normalized spacial score (nSPS) is 10.1. The summed E-state index contributed by atoms with van der Waals surface area (Å²) in [6.45, 7) is 0.442. The molecule has 4 heteroatoms. The lowest BCUT2D eigenvalue weighted by atomic mass is 10.2. The molecule has 1 heterocycles. The highest BCUT2D eigenvalue weighted by atomic mass is 35.5. The van der Waals surface area contributed by atoms with Gasteiger partial charge < -0.3 is 10.5 Å². The van der Waals surface area contributed by atoms with E-state index in [0.29, 0.717) is 23.2 Å². The monoisotopic (exact) mass is 234 g/mol. The molecule has 0 unspecified atom stereocenters. The maximum Gasteiger partial charge on any atom is 0.233 e. The van der Waals surface area contributed by atoms with E-state index in [9.17, 15) is 0 Å². The second kappa shape index (κ2) is 4.86. The van der Waals surface area contributed by atoms with Crippen LogP contribution in [0.4, 0.5) is 5.69 Å². The summed E-state index contributed by atoms with van der Waals surface area (Å²) in [7, 11) is 0. The predicted molar refractivity (Wildman–Crippen MR) is 64.4 cm³/mol. The molecule has 0 bridgehead atoms. The molecule has 2 rings (SSSR count). The zero-order chi connectivity index (χ0) is 11.4. The molecule has 0 saturated heterocycles.